The summed E-state index contributed by atoms with van der Waals surface area (Å²) in [5.74, 6) is 0. The normalized spacial score (nSPS) is 15.4. The first-order chi connectivity index (χ1) is 8.86. The second-order valence-corrected chi connectivity index (χ2v) is 4.10. The number of amides is 1. The molecule has 1 N–H and O–H groups in total. The summed E-state index contributed by atoms with van der Waals surface area (Å²) in [6.07, 6.45) is -0.301. The first-order valence-corrected chi connectivity index (χ1v) is 6.10. The molecule has 1 aromatic carbocycles. The number of nitrogens with one attached hydrogen (secondary N) is 1. The fourth-order valence-corrected chi connectivity index (χ4v) is 1.76. The molecule has 1 saturated heterocycles. The van der Waals surface area contributed by atoms with Gasteiger partial charge in [0.2, 0.25) is 0 Å². The van der Waals surface area contributed by atoms with Crippen molar-refractivity contribution >= 4 is 6.09 Å². The number of rotatable bonds is 4. The molecule has 0 radical (unpaired) electrons. The van der Waals surface area contributed by atoms with Crippen LogP contribution in [0.5, 0.6) is 0 Å². The van der Waals surface area contributed by atoms with Gasteiger partial charge < -0.3 is 19.7 Å². The Morgan fingerprint density at radius 2 is 1.94 bits per heavy atom. The third-order valence-electron chi connectivity index (χ3n) is 2.75. The van der Waals surface area contributed by atoms with Gasteiger partial charge in [-0.25, -0.2) is 4.79 Å². The highest BCUT2D eigenvalue weighted by Crippen LogP contribution is 2.01. The SMILES string of the molecule is O=C(OCOCc1ccccc1)N1CCNCC1. The Morgan fingerprint density at radius 3 is 2.67 bits per heavy atom. The van der Waals surface area contributed by atoms with E-state index < -0.39 is 0 Å². The molecule has 1 heterocycles. The van der Waals surface area contributed by atoms with E-state index in [-0.39, 0.29) is 12.9 Å². The van der Waals surface area contributed by atoms with Gasteiger partial charge in [0.1, 0.15) is 0 Å². The molecule has 0 atom stereocenters. The number of piperazine rings is 1. The van der Waals surface area contributed by atoms with E-state index in [1.807, 2.05) is 30.3 Å². The Kier molecular flexibility index (Phi) is 4.99. The van der Waals surface area contributed by atoms with Gasteiger partial charge in [-0.3, -0.25) is 0 Å². The molecular weight excluding hydrogens is 232 g/mol. The van der Waals surface area contributed by atoms with Crippen LogP contribution in [-0.2, 0) is 16.1 Å². The Morgan fingerprint density at radius 1 is 1.22 bits per heavy atom. The maximum Gasteiger partial charge on any atom is 0.411 e. The zero-order valence-corrected chi connectivity index (χ0v) is 10.3. The smallest absolute Gasteiger partial charge is 0.411 e. The summed E-state index contributed by atoms with van der Waals surface area (Å²) in [6, 6.07) is 9.79. The number of carbonyl (C=O) groups is 1. The van der Waals surface area contributed by atoms with E-state index >= 15 is 0 Å². The standard InChI is InChI=1S/C13H18N2O3/c16-13(15-8-6-14-7-9-15)18-11-17-10-12-4-2-1-3-5-12/h1-5,14H,6-11H2. The van der Waals surface area contributed by atoms with Gasteiger partial charge in [-0.05, 0) is 5.56 Å². The second-order valence-electron chi connectivity index (χ2n) is 4.10. The third kappa shape index (κ3) is 4.01. The molecule has 98 valence electrons. The highest BCUT2D eigenvalue weighted by molar-refractivity contribution is 5.67. The first kappa shape index (κ1) is 12.9. The number of hydrogen-bond acceptors (Lipinski definition) is 4. The van der Waals surface area contributed by atoms with E-state index in [0.717, 1.165) is 18.7 Å². The first-order valence-electron chi connectivity index (χ1n) is 6.10. The van der Waals surface area contributed by atoms with Crippen LogP contribution in [0.2, 0.25) is 0 Å². The summed E-state index contributed by atoms with van der Waals surface area (Å²) >= 11 is 0. The van der Waals surface area contributed by atoms with Crippen molar-refractivity contribution in [2.75, 3.05) is 33.0 Å². The van der Waals surface area contributed by atoms with E-state index in [1.165, 1.54) is 0 Å². The lowest BCUT2D eigenvalue weighted by atomic mass is 10.2. The molecule has 1 amide bonds. The molecule has 1 aromatic rings. The monoisotopic (exact) mass is 250 g/mol. The predicted octanol–water partition coefficient (Wildman–Crippen LogP) is 1.20. The highest BCUT2D eigenvalue weighted by atomic mass is 16.7. The van der Waals surface area contributed by atoms with Crippen LogP contribution in [-0.4, -0.2) is 44.0 Å². The fourth-order valence-electron chi connectivity index (χ4n) is 1.76. The van der Waals surface area contributed by atoms with Crippen molar-refractivity contribution in [1.82, 2.24) is 10.2 Å². The van der Waals surface area contributed by atoms with E-state index in [1.54, 1.807) is 4.90 Å². The highest BCUT2D eigenvalue weighted by Gasteiger charge is 2.16. The van der Waals surface area contributed by atoms with E-state index in [4.69, 9.17) is 9.47 Å². The lowest BCUT2D eigenvalue weighted by molar-refractivity contribution is -0.0360. The molecule has 0 saturated carbocycles. The Bertz CT molecular complexity index is 364. The molecule has 0 aromatic heterocycles. The summed E-state index contributed by atoms with van der Waals surface area (Å²) in [5.41, 5.74) is 1.07. The van der Waals surface area contributed by atoms with Gasteiger partial charge in [0.15, 0.2) is 6.79 Å². The second kappa shape index (κ2) is 6.98. The quantitative estimate of drug-likeness (QED) is 0.644. The van der Waals surface area contributed by atoms with Crippen molar-refractivity contribution in [2.24, 2.45) is 0 Å². The van der Waals surface area contributed by atoms with Crippen LogP contribution in [0, 0.1) is 0 Å². The van der Waals surface area contributed by atoms with Crippen molar-refractivity contribution in [3.63, 3.8) is 0 Å². The van der Waals surface area contributed by atoms with Gasteiger partial charge in [-0.15, -0.1) is 0 Å². The van der Waals surface area contributed by atoms with Gasteiger partial charge in [-0.1, -0.05) is 30.3 Å². The zero-order chi connectivity index (χ0) is 12.6. The molecule has 5 nitrogen and oxygen atoms in total. The van der Waals surface area contributed by atoms with Crippen LogP contribution in [0.1, 0.15) is 5.56 Å². The molecule has 0 unspecified atom stereocenters. The van der Waals surface area contributed by atoms with Crippen LogP contribution in [0.25, 0.3) is 0 Å². The van der Waals surface area contributed by atoms with Gasteiger partial charge >= 0.3 is 6.09 Å². The van der Waals surface area contributed by atoms with E-state index in [0.29, 0.717) is 19.7 Å². The van der Waals surface area contributed by atoms with Gasteiger partial charge in [-0.2, -0.15) is 0 Å². The van der Waals surface area contributed by atoms with Crippen molar-refractivity contribution in [3.05, 3.63) is 35.9 Å². The zero-order valence-electron chi connectivity index (χ0n) is 10.3. The summed E-state index contributed by atoms with van der Waals surface area (Å²) < 4.78 is 10.3. The third-order valence-corrected chi connectivity index (χ3v) is 2.75. The summed E-state index contributed by atoms with van der Waals surface area (Å²) in [6.45, 7) is 3.47. The molecule has 0 bridgehead atoms. The van der Waals surface area contributed by atoms with Crippen LogP contribution in [0.15, 0.2) is 30.3 Å². The molecule has 0 spiro atoms. The van der Waals surface area contributed by atoms with Gasteiger partial charge in [0, 0.05) is 26.2 Å². The van der Waals surface area contributed by atoms with E-state index in [2.05, 4.69) is 5.32 Å². The minimum atomic E-state index is -0.301. The molecule has 1 aliphatic rings. The fraction of sp³-hybridized carbons (Fsp3) is 0.462. The minimum Gasteiger partial charge on any atom is -0.422 e. The summed E-state index contributed by atoms with van der Waals surface area (Å²) in [7, 11) is 0. The lowest BCUT2D eigenvalue weighted by Gasteiger charge is -2.26. The van der Waals surface area contributed by atoms with Crippen molar-refractivity contribution in [2.45, 2.75) is 6.61 Å². The van der Waals surface area contributed by atoms with Crippen LogP contribution >= 0.6 is 0 Å². The summed E-state index contributed by atoms with van der Waals surface area (Å²) in [4.78, 5) is 13.3. The topological polar surface area (TPSA) is 50.8 Å². The maximum atomic E-state index is 11.6. The predicted molar refractivity (Wildman–Crippen MR) is 67.0 cm³/mol. The number of hydrogen-bond donors (Lipinski definition) is 1. The number of carbonyl (C=O) groups excluding carboxylic acids is 1. The number of ether oxygens (including phenoxy) is 2. The Labute approximate surface area is 107 Å². The molecule has 18 heavy (non-hydrogen) atoms. The van der Waals surface area contributed by atoms with Crippen molar-refractivity contribution in [1.29, 1.82) is 0 Å². The van der Waals surface area contributed by atoms with Crippen LogP contribution < -0.4 is 5.32 Å². The molecule has 2 rings (SSSR count). The Balaban J connectivity index is 1.61. The number of nitrogens with zero attached hydrogens (tertiary/aromatic N) is 1. The molecule has 1 aliphatic heterocycles. The van der Waals surface area contributed by atoms with Crippen molar-refractivity contribution in [3.8, 4) is 0 Å². The van der Waals surface area contributed by atoms with Crippen molar-refractivity contribution < 1.29 is 14.3 Å². The minimum absolute atomic E-state index is 0.00233. The Hall–Kier alpha value is -1.59. The van der Waals surface area contributed by atoms with E-state index in [9.17, 15) is 4.79 Å². The van der Waals surface area contributed by atoms with Gasteiger partial charge in [0.05, 0.1) is 6.61 Å². The molecule has 0 aliphatic carbocycles. The number of benzene rings is 1. The molecular formula is C13H18N2O3. The average molecular weight is 250 g/mol. The van der Waals surface area contributed by atoms with Gasteiger partial charge in [0.25, 0.3) is 0 Å². The lowest BCUT2D eigenvalue weighted by Crippen LogP contribution is -2.46. The maximum absolute atomic E-state index is 11.6. The molecule has 5 heteroatoms. The summed E-state index contributed by atoms with van der Waals surface area (Å²) in [5, 5.41) is 3.18. The van der Waals surface area contributed by atoms with Crippen LogP contribution in [0.3, 0.4) is 0 Å². The van der Waals surface area contributed by atoms with Crippen LogP contribution in [0.4, 0.5) is 4.79 Å². The molecule has 1 fully saturated rings. The largest absolute Gasteiger partial charge is 0.422 e. The average Bonchev–Trinajstić information content (AvgIpc) is 2.45.